The largest absolute Gasteiger partial charge is 0.493 e. The van der Waals surface area contributed by atoms with E-state index in [2.05, 4.69) is 5.32 Å². The standard InChI is InChI=1S/C19H27N3O5/c1-19(2,18(25)22-9-7-21(13-23)8-10-22)17(24)20-12-14-5-6-15(26-3)16(11-14)27-4/h5-6,11,13H,7-10,12H2,1-4H3,(H,20,24). The molecule has 1 N–H and O–H groups in total. The topological polar surface area (TPSA) is 88.2 Å². The Labute approximate surface area is 159 Å². The van der Waals surface area contributed by atoms with Crippen LogP contribution in [0.5, 0.6) is 11.5 Å². The summed E-state index contributed by atoms with van der Waals surface area (Å²) in [5.41, 5.74) is -0.358. The second-order valence-corrected chi connectivity index (χ2v) is 6.93. The minimum Gasteiger partial charge on any atom is -0.493 e. The summed E-state index contributed by atoms with van der Waals surface area (Å²) in [7, 11) is 3.11. The molecule has 0 radical (unpaired) electrons. The van der Waals surface area contributed by atoms with Crippen molar-refractivity contribution in [3.63, 3.8) is 0 Å². The summed E-state index contributed by atoms with van der Waals surface area (Å²) >= 11 is 0. The van der Waals surface area contributed by atoms with E-state index in [0.717, 1.165) is 12.0 Å². The number of carbonyl (C=O) groups excluding carboxylic acids is 3. The molecule has 1 saturated heterocycles. The van der Waals surface area contributed by atoms with Crippen LogP contribution in [-0.2, 0) is 20.9 Å². The molecule has 0 aromatic heterocycles. The fraction of sp³-hybridized carbons (Fsp3) is 0.526. The van der Waals surface area contributed by atoms with Crippen LogP contribution in [0, 0.1) is 5.41 Å². The van der Waals surface area contributed by atoms with Crippen LogP contribution >= 0.6 is 0 Å². The number of carbonyl (C=O) groups is 3. The zero-order valence-electron chi connectivity index (χ0n) is 16.3. The highest BCUT2D eigenvalue weighted by Gasteiger charge is 2.39. The van der Waals surface area contributed by atoms with Crippen molar-refractivity contribution < 1.29 is 23.9 Å². The molecule has 0 bridgehead atoms. The molecule has 1 aliphatic rings. The highest BCUT2D eigenvalue weighted by molar-refractivity contribution is 6.04. The van der Waals surface area contributed by atoms with E-state index in [1.54, 1.807) is 50.0 Å². The van der Waals surface area contributed by atoms with Crippen LogP contribution in [0.15, 0.2) is 18.2 Å². The van der Waals surface area contributed by atoms with Gasteiger partial charge in [-0.2, -0.15) is 0 Å². The molecule has 3 amide bonds. The zero-order chi connectivity index (χ0) is 20.0. The minimum absolute atomic E-state index is 0.238. The molecule has 8 heteroatoms. The second kappa shape index (κ2) is 8.75. The Hall–Kier alpha value is -2.77. The molecule has 0 aliphatic carbocycles. The smallest absolute Gasteiger partial charge is 0.237 e. The molecular formula is C19H27N3O5. The van der Waals surface area contributed by atoms with Crippen LogP contribution < -0.4 is 14.8 Å². The van der Waals surface area contributed by atoms with E-state index in [-0.39, 0.29) is 18.4 Å². The first kappa shape index (κ1) is 20.5. The lowest BCUT2D eigenvalue weighted by atomic mass is 9.90. The van der Waals surface area contributed by atoms with Crippen LogP contribution in [0.4, 0.5) is 0 Å². The van der Waals surface area contributed by atoms with Crippen LogP contribution in [0.1, 0.15) is 19.4 Å². The minimum atomic E-state index is -1.19. The van der Waals surface area contributed by atoms with Gasteiger partial charge in [0, 0.05) is 32.7 Å². The van der Waals surface area contributed by atoms with Gasteiger partial charge in [-0.1, -0.05) is 6.07 Å². The summed E-state index contributed by atoms with van der Waals surface area (Å²) in [5.74, 6) is 0.600. The third-order valence-corrected chi connectivity index (χ3v) is 4.75. The van der Waals surface area contributed by atoms with E-state index in [4.69, 9.17) is 9.47 Å². The third kappa shape index (κ3) is 4.69. The Morgan fingerprint density at radius 1 is 1.11 bits per heavy atom. The lowest BCUT2D eigenvalue weighted by Crippen LogP contribution is -2.55. The van der Waals surface area contributed by atoms with Gasteiger partial charge >= 0.3 is 0 Å². The van der Waals surface area contributed by atoms with Gasteiger partial charge in [0.2, 0.25) is 18.2 Å². The van der Waals surface area contributed by atoms with Crippen LogP contribution in [0.3, 0.4) is 0 Å². The molecule has 27 heavy (non-hydrogen) atoms. The molecule has 1 fully saturated rings. The number of nitrogens with one attached hydrogen (secondary N) is 1. The summed E-state index contributed by atoms with van der Waals surface area (Å²) in [6.07, 6.45) is 0.781. The van der Waals surface area contributed by atoms with Gasteiger partial charge < -0.3 is 24.6 Å². The number of nitrogens with zero attached hydrogens (tertiary/aromatic N) is 2. The number of hydrogen-bond acceptors (Lipinski definition) is 5. The Morgan fingerprint density at radius 2 is 1.74 bits per heavy atom. The van der Waals surface area contributed by atoms with Gasteiger partial charge in [-0.15, -0.1) is 0 Å². The molecule has 1 aromatic rings. The molecule has 8 nitrogen and oxygen atoms in total. The summed E-state index contributed by atoms with van der Waals surface area (Å²) in [6.45, 7) is 5.34. The number of piperazine rings is 1. The van der Waals surface area contributed by atoms with E-state index >= 15 is 0 Å². The van der Waals surface area contributed by atoms with Crippen molar-refractivity contribution in [1.82, 2.24) is 15.1 Å². The average molecular weight is 377 g/mol. The maximum absolute atomic E-state index is 12.8. The highest BCUT2D eigenvalue weighted by atomic mass is 16.5. The quantitative estimate of drug-likeness (QED) is 0.557. The molecular weight excluding hydrogens is 350 g/mol. The van der Waals surface area contributed by atoms with Crippen LogP contribution in [0.2, 0.25) is 0 Å². The van der Waals surface area contributed by atoms with Crippen molar-refractivity contribution in [3.05, 3.63) is 23.8 Å². The Balaban J connectivity index is 1.97. The van der Waals surface area contributed by atoms with Crippen molar-refractivity contribution in [2.24, 2.45) is 5.41 Å². The van der Waals surface area contributed by atoms with Crippen molar-refractivity contribution in [3.8, 4) is 11.5 Å². The molecule has 0 spiro atoms. The van der Waals surface area contributed by atoms with Gasteiger partial charge in [0.15, 0.2) is 11.5 Å². The Morgan fingerprint density at radius 3 is 2.30 bits per heavy atom. The first-order chi connectivity index (χ1) is 12.8. The molecule has 2 rings (SSSR count). The number of hydrogen-bond donors (Lipinski definition) is 1. The van der Waals surface area contributed by atoms with Gasteiger partial charge in [-0.3, -0.25) is 14.4 Å². The molecule has 1 aromatic carbocycles. The molecule has 148 valence electrons. The van der Waals surface area contributed by atoms with Crippen LogP contribution in [-0.4, -0.2) is 68.4 Å². The second-order valence-electron chi connectivity index (χ2n) is 6.93. The molecule has 0 saturated carbocycles. The summed E-state index contributed by atoms with van der Waals surface area (Å²) < 4.78 is 10.5. The summed E-state index contributed by atoms with van der Waals surface area (Å²) in [6, 6.07) is 5.38. The maximum atomic E-state index is 12.8. The predicted molar refractivity (Wildman–Crippen MR) is 99.4 cm³/mol. The van der Waals surface area contributed by atoms with Gasteiger partial charge in [0.1, 0.15) is 5.41 Å². The van der Waals surface area contributed by atoms with E-state index in [0.29, 0.717) is 37.7 Å². The fourth-order valence-electron chi connectivity index (χ4n) is 2.92. The molecule has 1 aliphatic heterocycles. The third-order valence-electron chi connectivity index (χ3n) is 4.75. The number of methoxy groups -OCH3 is 2. The zero-order valence-corrected chi connectivity index (χ0v) is 16.3. The maximum Gasteiger partial charge on any atom is 0.237 e. The normalized spacial score (nSPS) is 14.5. The van der Waals surface area contributed by atoms with Crippen molar-refractivity contribution in [2.75, 3.05) is 40.4 Å². The van der Waals surface area contributed by atoms with E-state index in [1.165, 1.54) is 0 Å². The number of ether oxygens (including phenoxy) is 2. The van der Waals surface area contributed by atoms with Crippen molar-refractivity contribution >= 4 is 18.2 Å². The number of benzene rings is 1. The summed E-state index contributed by atoms with van der Waals surface area (Å²) in [4.78, 5) is 39.5. The molecule has 0 unspecified atom stereocenters. The molecule has 0 atom stereocenters. The van der Waals surface area contributed by atoms with Gasteiger partial charge in [0.05, 0.1) is 14.2 Å². The van der Waals surface area contributed by atoms with Crippen molar-refractivity contribution in [1.29, 1.82) is 0 Å². The average Bonchev–Trinajstić information content (AvgIpc) is 2.70. The Bertz CT molecular complexity index is 697. The van der Waals surface area contributed by atoms with Crippen molar-refractivity contribution in [2.45, 2.75) is 20.4 Å². The Kier molecular flexibility index (Phi) is 6.65. The highest BCUT2D eigenvalue weighted by Crippen LogP contribution is 2.27. The first-order valence-electron chi connectivity index (χ1n) is 8.81. The fourth-order valence-corrected chi connectivity index (χ4v) is 2.92. The number of rotatable bonds is 7. The van der Waals surface area contributed by atoms with E-state index in [1.807, 2.05) is 6.07 Å². The van der Waals surface area contributed by atoms with Crippen LogP contribution in [0.25, 0.3) is 0 Å². The first-order valence-corrected chi connectivity index (χ1v) is 8.81. The van der Waals surface area contributed by atoms with Gasteiger partial charge in [-0.25, -0.2) is 0 Å². The number of amides is 3. The summed E-state index contributed by atoms with van der Waals surface area (Å²) in [5, 5.41) is 2.82. The van der Waals surface area contributed by atoms with E-state index < -0.39 is 5.41 Å². The van der Waals surface area contributed by atoms with Gasteiger partial charge in [0.25, 0.3) is 0 Å². The lowest BCUT2D eigenvalue weighted by Gasteiger charge is -2.36. The van der Waals surface area contributed by atoms with Gasteiger partial charge in [-0.05, 0) is 31.5 Å². The predicted octanol–water partition coefficient (Wildman–Crippen LogP) is 0.647. The lowest BCUT2D eigenvalue weighted by molar-refractivity contribution is -0.150. The van der Waals surface area contributed by atoms with E-state index in [9.17, 15) is 14.4 Å². The monoisotopic (exact) mass is 377 g/mol. The molecule has 1 heterocycles. The SMILES string of the molecule is COc1ccc(CNC(=O)C(C)(C)C(=O)N2CCN(C=O)CC2)cc1OC.